The Morgan fingerprint density at radius 3 is 2.74 bits per heavy atom. The number of halogens is 2. The topological polar surface area (TPSA) is 29.5 Å². The Bertz CT molecular complexity index is 572. The van der Waals surface area contributed by atoms with Crippen LogP contribution in [0.15, 0.2) is 46.9 Å². The van der Waals surface area contributed by atoms with Gasteiger partial charge in [-0.15, -0.1) is 0 Å². The van der Waals surface area contributed by atoms with E-state index in [0.29, 0.717) is 6.42 Å². The Balaban J connectivity index is 2.23. The van der Waals surface area contributed by atoms with Crippen LogP contribution in [0.2, 0.25) is 0 Å². The first-order valence-corrected chi connectivity index (χ1v) is 7.73. The minimum absolute atomic E-state index is 0.530. The van der Waals surface area contributed by atoms with Gasteiger partial charge in [-0.05, 0) is 64.0 Å². The lowest BCUT2D eigenvalue weighted by molar-refractivity contribution is 0.177. The fraction of sp³-hybridized carbons (Fsp3) is 0.200. The summed E-state index contributed by atoms with van der Waals surface area (Å²) in [6, 6.07) is 13.7. The van der Waals surface area contributed by atoms with Crippen LogP contribution in [0.4, 0.5) is 0 Å². The molecule has 2 aromatic rings. The van der Waals surface area contributed by atoms with E-state index in [-0.39, 0.29) is 0 Å². The molecule has 0 aliphatic rings. The highest BCUT2D eigenvalue weighted by Crippen LogP contribution is 2.28. The average molecular weight is 433 g/mol. The molecular weight excluding hydrogens is 419 g/mol. The first-order valence-electron chi connectivity index (χ1n) is 5.86. The predicted octanol–water partition coefficient (Wildman–Crippen LogP) is 4.34. The molecule has 100 valence electrons. The summed E-state index contributed by atoms with van der Waals surface area (Å²) in [7, 11) is 1.64. The highest BCUT2D eigenvalue weighted by molar-refractivity contribution is 14.1. The number of aliphatic hydroxyl groups excluding tert-OH is 1. The van der Waals surface area contributed by atoms with Crippen LogP contribution in [-0.2, 0) is 6.42 Å². The SMILES string of the molecule is COc1ccc(Br)cc1CC(O)c1cccc(I)c1. The Morgan fingerprint density at radius 1 is 1.26 bits per heavy atom. The third-order valence-electron chi connectivity index (χ3n) is 2.89. The van der Waals surface area contributed by atoms with Crippen molar-refractivity contribution >= 4 is 38.5 Å². The Kier molecular flexibility index (Phi) is 5.24. The normalized spacial score (nSPS) is 12.2. The standard InChI is InChI=1S/C15H14BrIO2/c1-19-15-6-5-12(16)7-11(15)9-14(18)10-3-2-4-13(17)8-10/h2-8,14,18H,9H2,1H3. The summed E-state index contributed by atoms with van der Waals surface area (Å²) in [6.45, 7) is 0. The number of hydrogen-bond acceptors (Lipinski definition) is 2. The van der Waals surface area contributed by atoms with E-state index in [1.165, 1.54) is 0 Å². The summed E-state index contributed by atoms with van der Waals surface area (Å²) in [5.41, 5.74) is 1.91. The lowest BCUT2D eigenvalue weighted by Crippen LogP contribution is -2.03. The van der Waals surface area contributed by atoms with Gasteiger partial charge in [0, 0.05) is 14.5 Å². The number of ether oxygens (including phenoxy) is 1. The Hall–Kier alpha value is -0.590. The van der Waals surface area contributed by atoms with Crippen LogP contribution in [0.3, 0.4) is 0 Å². The van der Waals surface area contributed by atoms with Gasteiger partial charge in [-0.3, -0.25) is 0 Å². The second-order valence-electron chi connectivity index (χ2n) is 4.23. The van der Waals surface area contributed by atoms with Crippen molar-refractivity contribution in [1.82, 2.24) is 0 Å². The molecule has 1 unspecified atom stereocenters. The van der Waals surface area contributed by atoms with E-state index in [2.05, 4.69) is 38.5 Å². The maximum Gasteiger partial charge on any atom is 0.122 e. The minimum atomic E-state index is -0.530. The molecule has 19 heavy (non-hydrogen) atoms. The molecule has 4 heteroatoms. The van der Waals surface area contributed by atoms with Crippen molar-refractivity contribution in [1.29, 1.82) is 0 Å². The van der Waals surface area contributed by atoms with E-state index >= 15 is 0 Å². The third-order valence-corrected chi connectivity index (χ3v) is 4.05. The average Bonchev–Trinajstić information content (AvgIpc) is 2.39. The van der Waals surface area contributed by atoms with Crippen LogP contribution < -0.4 is 4.74 Å². The zero-order chi connectivity index (χ0) is 13.8. The van der Waals surface area contributed by atoms with Crippen LogP contribution in [0.5, 0.6) is 5.75 Å². The van der Waals surface area contributed by atoms with Crippen LogP contribution >= 0.6 is 38.5 Å². The van der Waals surface area contributed by atoms with E-state index in [1.807, 2.05) is 42.5 Å². The fourth-order valence-corrected chi connectivity index (χ4v) is 2.92. The summed E-state index contributed by atoms with van der Waals surface area (Å²) in [5, 5.41) is 10.3. The molecule has 2 rings (SSSR count). The van der Waals surface area contributed by atoms with Gasteiger partial charge in [0.25, 0.3) is 0 Å². The quantitative estimate of drug-likeness (QED) is 0.728. The first-order chi connectivity index (χ1) is 9.10. The van der Waals surface area contributed by atoms with E-state index in [1.54, 1.807) is 7.11 Å². The molecule has 0 saturated heterocycles. The molecule has 0 amide bonds. The van der Waals surface area contributed by atoms with Gasteiger partial charge in [-0.1, -0.05) is 28.1 Å². The predicted molar refractivity (Wildman–Crippen MR) is 88.5 cm³/mol. The van der Waals surface area contributed by atoms with Crippen LogP contribution in [0, 0.1) is 3.57 Å². The minimum Gasteiger partial charge on any atom is -0.496 e. The van der Waals surface area contributed by atoms with Crippen molar-refractivity contribution in [3.05, 3.63) is 61.6 Å². The van der Waals surface area contributed by atoms with Crippen molar-refractivity contribution < 1.29 is 9.84 Å². The van der Waals surface area contributed by atoms with Crippen LogP contribution in [0.25, 0.3) is 0 Å². The van der Waals surface area contributed by atoms with Gasteiger partial charge in [0.05, 0.1) is 13.2 Å². The smallest absolute Gasteiger partial charge is 0.122 e. The second-order valence-corrected chi connectivity index (χ2v) is 6.39. The monoisotopic (exact) mass is 432 g/mol. The van der Waals surface area contributed by atoms with Crippen molar-refractivity contribution in [3.63, 3.8) is 0 Å². The summed E-state index contributed by atoms with van der Waals surface area (Å²) >= 11 is 5.69. The lowest BCUT2D eigenvalue weighted by atomic mass is 10.0. The molecule has 0 aliphatic carbocycles. The van der Waals surface area contributed by atoms with Crippen LogP contribution in [0.1, 0.15) is 17.2 Å². The maximum absolute atomic E-state index is 10.3. The number of methoxy groups -OCH3 is 1. The number of hydrogen-bond donors (Lipinski definition) is 1. The van der Waals surface area contributed by atoms with Crippen molar-refractivity contribution in [2.75, 3.05) is 7.11 Å². The zero-order valence-electron chi connectivity index (χ0n) is 10.4. The highest BCUT2D eigenvalue weighted by atomic mass is 127. The number of benzene rings is 2. The molecule has 2 aromatic carbocycles. The molecule has 0 bridgehead atoms. The molecule has 0 aromatic heterocycles. The van der Waals surface area contributed by atoms with E-state index in [9.17, 15) is 5.11 Å². The second kappa shape index (κ2) is 6.72. The fourth-order valence-electron chi connectivity index (χ4n) is 1.95. The summed E-state index contributed by atoms with van der Waals surface area (Å²) in [4.78, 5) is 0. The molecule has 0 fully saturated rings. The van der Waals surface area contributed by atoms with Gasteiger partial charge in [0.1, 0.15) is 5.75 Å². The van der Waals surface area contributed by atoms with Gasteiger partial charge in [-0.2, -0.15) is 0 Å². The van der Waals surface area contributed by atoms with Gasteiger partial charge in [-0.25, -0.2) is 0 Å². The van der Waals surface area contributed by atoms with Gasteiger partial charge in [0.15, 0.2) is 0 Å². The summed E-state index contributed by atoms with van der Waals surface area (Å²) in [6.07, 6.45) is 0.000756. The lowest BCUT2D eigenvalue weighted by Gasteiger charge is -2.14. The first kappa shape index (κ1) is 14.8. The summed E-state index contributed by atoms with van der Waals surface area (Å²) in [5.74, 6) is 0.799. The van der Waals surface area contributed by atoms with E-state index < -0.39 is 6.10 Å². The molecule has 0 radical (unpaired) electrons. The molecular formula is C15H14BrIO2. The molecule has 0 aliphatic heterocycles. The maximum atomic E-state index is 10.3. The molecule has 2 nitrogen and oxygen atoms in total. The molecule has 1 atom stereocenters. The number of rotatable bonds is 4. The van der Waals surface area contributed by atoms with Crippen molar-refractivity contribution in [3.8, 4) is 5.75 Å². The molecule has 0 saturated carbocycles. The molecule has 1 N–H and O–H groups in total. The zero-order valence-corrected chi connectivity index (χ0v) is 14.2. The molecule has 0 heterocycles. The third kappa shape index (κ3) is 3.94. The Labute approximate surface area is 135 Å². The van der Waals surface area contributed by atoms with Gasteiger partial charge >= 0.3 is 0 Å². The van der Waals surface area contributed by atoms with Gasteiger partial charge in [0.2, 0.25) is 0 Å². The Morgan fingerprint density at radius 2 is 2.05 bits per heavy atom. The van der Waals surface area contributed by atoms with Crippen molar-refractivity contribution in [2.45, 2.75) is 12.5 Å². The largest absolute Gasteiger partial charge is 0.496 e. The van der Waals surface area contributed by atoms with E-state index in [0.717, 1.165) is 24.9 Å². The molecule has 0 spiro atoms. The number of aliphatic hydroxyl groups is 1. The van der Waals surface area contributed by atoms with Gasteiger partial charge < -0.3 is 9.84 Å². The highest BCUT2D eigenvalue weighted by Gasteiger charge is 2.12. The van der Waals surface area contributed by atoms with Crippen molar-refractivity contribution in [2.24, 2.45) is 0 Å². The van der Waals surface area contributed by atoms with Crippen LogP contribution in [-0.4, -0.2) is 12.2 Å². The van der Waals surface area contributed by atoms with E-state index in [4.69, 9.17) is 4.74 Å². The summed E-state index contributed by atoms with van der Waals surface area (Å²) < 4.78 is 7.43.